The van der Waals surface area contributed by atoms with Crippen LogP contribution in [0.2, 0.25) is 0 Å². The fraction of sp³-hybridized carbons (Fsp3) is 0.150. The van der Waals surface area contributed by atoms with Crippen molar-refractivity contribution in [3.63, 3.8) is 0 Å². The summed E-state index contributed by atoms with van der Waals surface area (Å²) in [7, 11) is 3.39. The van der Waals surface area contributed by atoms with Gasteiger partial charge < -0.3 is 14.2 Å². The van der Waals surface area contributed by atoms with E-state index in [2.05, 4.69) is 59.0 Å². The second-order valence-corrected chi connectivity index (χ2v) is 12.0. The van der Waals surface area contributed by atoms with E-state index in [-0.39, 0.29) is 19.0 Å². The molecule has 0 saturated heterocycles. The molecule has 0 fully saturated rings. The molecule has 0 radical (unpaired) electrons. The van der Waals surface area contributed by atoms with E-state index >= 15 is 0 Å². The van der Waals surface area contributed by atoms with Gasteiger partial charge in [0, 0.05) is 28.7 Å². The highest BCUT2D eigenvalue weighted by molar-refractivity contribution is 14.1. The summed E-state index contributed by atoms with van der Waals surface area (Å²) in [4.78, 5) is 18.8. The Kier molecular flexibility index (Phi) is 9.64. The summed E-state index contributed by atoms with van der Waals surface area (Å²) in [5, 5.41) is 4.20. The molecule has 0 aliphatic rings. The zero-order valence-electron chi connectivity index (χ0n) is 26.0. The lowest BCUT2D eigenvalue weighted by molar-refractivity contribution is -0.144. The quantitative estimate of drug-likeness (QED) is 0.0805. The van der Waals surface area contributed by atoms with Crippen molar-refractivity contribution in [3.05, 3.63) is 142 Å². The van der Waals surface area contributed by atoms with Gasteiger partial charge in [0.05, 0.1) is 30.1 Å². The molecular formula is C40H34INO4. The molecule has 0 N–H and O–H groups in total. The second-order valence-electron chi connectivity index (χ2n) is 10.8. The Morgan fingerprint density at radius 1 is 0.696 bits per heavy atom. The maximum absolute atomic E-state index is 13.7. The number of esters is 1. The minimum atomic E-state index is -0.826. The number of hydrogen-bond donors (Lipinski definition) is 0. The number of nitrogens with zero attached hydrogens (tertiary/aromatic N) is 1. The number of fused-ring (bicyclic) bond motifs is 2. The number of ether oxygens (including phenoxy) is 3. The van der Waals surface area contributed by atoms with E-state index in [9.17, 15) is 4.79 Å². The van der Waals surface area contributed by atoms with Crippen molar-refractivity contribution >= 4 is 55.8 Å². The summed E-state index contributed by atoms with van der Waals surface area (Å²) < 4.78 is 19.0. The summed E-state index contributed by atoms with van der Waals surface area (Å²) >= 11 is 2.33. The van der Waals surface area contributed by atoms with Crippen LogP contribution in [0.25, 0.3) is 32.7 Å². The van der Waals surface area contributed by atoms with Gasteiger partial charge in [-0.3, -0.25) is 4.99 Å². The third-order valence-corrected chi connectivity index (χ3v) is 8.85. The first-order valence-electron chi connectivity index (χ1n) is 15.2. The molecule has 6 rings (SSSR count). The van der Waals surface area contributed by atoms with E-state index in [1.54, 1.807) is 14.2 Å². The molecule has 230 valence electrons. The number of benzene rings is 6. The molecule has 0 spiro atoms. The molecule has 6 aromatic rings. The van der Waals surface area contributed by atoms with Crippen molar-refractivity contribution in [2.45, 2.75) is 19.4 Å². The first kappa shape index (κ1) is 31.3. The van der Waals surface area contributed by atoms with E-state index in [0.717, 1.165) is 64.4 Å². The van der Waals surface area contributed by atoms with Crippen molar-refractivity contribution in [3.8, 4) is 22.6 Å². The van der Waals surface area contributed by atoms with E-state index in [0.29, 0.717) is 5.75 Å². The van der Waals surface area contributed by atoms with Crippen LogP contribution in [0.4, 0.5) is 0 Å². The zero-order chi connectivity index (χ0) is 32.0. The number of aliphatic imine (C=N–C) groups is 1. The first-order chi connectivity index (χ1) is 22.5. The summed E-state index contributed by atoms with van der Waals surface area (Å²) in [6, 6.07) is 39.9. The Bertz CT molecular complexity index is 2000. The number of methoxy groups -OCH3 is 2. The number of carbonyl (C=O) groups is 1. The van der Waals surface area contributed by atoms with E-state index in [1.807, 2.05) is 91.9 Å². The summed E-state index contributed by atoms with van der Waals surface area (Å²) in [5.41, 5.74) is 5.28. The highest BCUT2D eigenvalue weighted by Gasteiger charge is 2.27. The predicted octanol–water partition coefficient (Wildman–Crippen LogP) is 9.29. The minimum absolute atomic E-state index is 0.253. The topological polar surface area (TPSA) is 57.1 Å². The number of halogens is 1. The highest BCUT2D eigenvalue weighted by atomic mass is 127. The van der Waals surface area contributed by atoms with Crippen LogP contribution < -0.4 is 9.47 Å². The average molecular weight is 720 g/mol. The van der Waals surface area contributed by atoms with Crippen LogP contribution in [0.15, 0.2) is 126 Å². The maximum Gasteiger partial charge on any atom is 0.331 e. The lowest BCUT2D eigenvalue weighted by Gasteiger charge is -2.22. The van der Waals surface area contributed by atoms with Gasteiger partial charge in [0.25, 0.3) is 0 Å². The fourth-order valence-corrected chi connectivity index (χ4v) is 6.88. The van der Waals surface area contributed by atoms with Gasteiger partial charge in [-0.05, 0) is 68.8 Å². The van der Waals surface area contributed by atoms with Crippen LogP contribution >= 0.6 is 22.6 Å². The molecule has 46 heavy (non-hydrogen) atoms. The molecule has 0 aromatic heterocycles. The number of rotatable bonds is 10. The van der Waals surface area contributed by atoms with Crippen LogP contribution in [-0.2, 0) is 16.0 Å². The molecule has 1 unspecified atom stereocenters. The lowest BCUT2D eigenvalue weighted by atomic mass is 9.88. The molecule has 1 atom stereocenters. The van der Waals surface area contributed by atoms with Crippen molar-refractivity contribution in [2.75, 3.05) is 20.8 Å². The number of hydrogen-bond acceptors (Lipinski definition) is 5. The normalized spacial score (nSPS) is 11.7. The van der Waals surface area contributed by atoms with Crippen LogP contribution in [0.1, 0.15) is 23.6 Å². The monoisotopic (exact) mass is 719 g/mol. The van der Waals surface area contributed by atoms with Gasteiger partial charge in [-0.1, -0.05) is 109 Å². The first-order valence-corrected chi connectivity index (χ1v) is 16.3. The van der Waals surface area contributed by atoms with Gasteiger partial charge in [0.2, 0.25) is 0 Å². The minimum Gasteiger partial charge on any atom is -0.496 e. The van der Waals surface area contributed by atoms with Gasteiger partial charge >= 0.3 is 5.97 Å². The van der Waals surface area contributed by atoms with E-state index in [1.165, 1.54) is 0 Å². The molecule has 0 saturated carbocycles. The Balaban J connectivity index is 1.61. The van der Waals surface area contributed by atoms with Crippen molar-refractivity contribution in [1.29, 1.82) is 0 Å². The summed E-state index contributed by atoms with van der Waals surface area (Å²) in [6.07, 6.45) is 0.271. The zero-order valence-corrected chi connectivity index (χ0v) is 28.2. The lowest BCUT2D eigenvalue weighted by Crippen LogP contribution is -2.26. The summed E-state index contributed by atoms with van der Waals surface area (Å²) in [6.45, 7) is 2.07. The molecule has 0 heterocycles. The van der Waals surface area contributed by atoms with Gasteiger partial charge in [-0.15, -0.1) is 0 Å². The second kappa shape index (κ2) is 14.2. The maximum atomic E-state index is 13.7. The smallest absolute Gasteiger partial charge is 0.331 e. The molecular weight excluding hydrogens is 685 g/mol. The Morgan fingerprint density at radius 2 is 1.20 bits per heavy atom. The molecule has 0 bridgehead atoms. The SMILES string of the molecule is CCOC(=O)C(Cc1cc2ccccc2c(-c2c(OC)c(I)cc3ccccc23)c1OC)N=C(c1ccccc1)c1ccccc1. The van der Waals surface area contributed by atoms with Crippen LogP contribution in [0.3, 0.4) is 0 Å². The third kappa shape index (κ3) is 6.22. The molecule has 6 heteroatoms. The molecule has 6 aromatic carbocycles. The van der Waals surface area contributed by atoms with Gasteiger partial charge in [-0.2, -0.15) is 0 Å². The fourth-order valence-electron chi connectivity index (χ4n) is 6.05. The standard InChI is InChI=1S/C40H34INO4/c1-4-46-40(43)34(42-37(26-15-7-5-8-16-26)27-17-9-6-10-18-27)25-30-23-28-19-11-13-21-31(28)35(38(30)44-2)36-32-22-14-12-20-29(32)24-33(41)39(36)45-3/h5-24,34H,4,25H2,1-3H3. The van der Waals surface area contributed by atoms with Crippen molar-refractivity contribution < 1.29 is 19.0 Å². The Hall–Kier alpha value is -4.69. The van der Waals surface area contributed by atoms with Gasteiger partial charge in [-0.25, -0.2) is 4.79 Å². The number of carbonyl (C=O) groups excluding carboxylic acids is 1. The van der Waals surface area contributed by atoms with Gasteiger partial charge in [0.15, 0.2) is 6.04 Å². The largest absolute Gasteiger partial charge is 0.496 e. The highest BCUT2D eigenvalue weighted by Crippen LogP contribution is 2.48. The molecule has 0 aliphatic carbocycles. The molecule has 5 nitrogen and oxygen atoms in total. The Morgan fingerprint density at radius 3 is 1.74 bits per heavy atom. The average Bonchev–Trinajstić information content (AvgIpc) is 3.09. The third-order valence-electron chi connectivity index (χ3n) is 8.04. The van der Waals surface area contributed by atoms with Crippen LogP contribution in [0.5, 0.6) is 11.5 Å². The molecule has 0 aliphatic heterocycles. The van der Waals surface area contributed by atoms with Crippen LogP contribution in [-0.4, -0.2) is 38.5 Å². The van der Waals surface area contributed by atoms with Gasteiger partial charge in [0.1, 0.15) is 11.5 Å². The van der Waals surface area contributed by atoms with E-state index < -0.39 is 6.04 Å². The predicted molar refractivity (Wildman–Crippen MR) is 195 cm³/mol. The Labute approximate surface area is 283 Å². The van der Waals surface area contributed by atoms with Crippen LogP contribution in [0, 0.1) is 3.57 Å². The van der Waals surface area contributed by atoms with Crippen molar-refractivity contribution in [2.24, 2.45) is 4.99 Å². The summed E-state index contributed by atoms with van der Waals surface area (Å²) in [5.74, 6) is 1.06. The molecule has 0 amide bonds. The van der Waals surface area contributed by atoms with E-state index in [4.69, 9.17) is 19.2 Å². The van der Waals surface area contributed by atoms with Crippen molar-refractivity contribution in [1.82, 2.24) is 0 Å².